The van der Waals surface area contributed by atoms with Crippen molar-refractivity contribution in [1.29, 1.82) is 0 Å². The lowest BCUT2D eigenvalue weighted by molar-refractivity contribution is -0.127. The first-order chi connectivity index (χ1) is 12.1. The van der Waals surface area contributed by atoms with E-state index in [2.05, 4.69) is 10.4 Å². The van der Waals surface area contributed by atoms with Crippen LogP contribution in [0.1, 0.15) is 10.4 Å². The summed E-state index contributed by atoms with van der Waals surface area (Å²) in [4.78, 5) is 26.7. The molecule has 7 heteroatoms. The van der Waals surface area contributed by atoms with Crippen molar-refractivity contribution in [3.8, 4) is 16.3 Å². The quantitative estimate of drug-likeness (QED) is 0.765. The number of carbonyl (C=O) groups is 2. The molecule has 1 N–H and O–H groups in total. The van der Waals surface area contributed by atoms with Gasteiger partial charge in [0.1, 0.15) is 5.69 Å². The molecule has 1 aromatic carbocycles. The second kappa shape index (κ2) is 7.31. The Morgan fingerprint density at radius 1 is 1.16 bits per heavy atom. The zero-order chi connectivity index (χ0) is 17.8. The fourth-order valence-corrected chi connectivity index (χ4v) is 2.98. The standard InChI is InChI=1S/C18H18N4O2S/c1-21(2)16(23)11-19-18(24)14-12-22(13-7-4-3-5-8-13)20-17(14)15-9-6-10-25-15/h3-10,12H,11H2,1-2H3,(H,19,24). The van der Waals surface area contributed by atoms with Gasteiger partial charge in [-0.1, -0.05) is 24.3 Å². The summed E-state index contributed by atoms with van der Waals surface area (Å²) in [7, 11) is 3.30. The number of para-hydroxylation sites is 1. The lowest BCUT2D eigenvalue weighted by Crippen LogP contribution is -2.36. The molecule has 3 aromatic rings. The lowest BCUT2D eigenvalue weighted by Gasteiger charge is -2.10. The third kappa shape index (κ3) is 3.77. The summed E-state index contributed by atoms with van der Waals surface area (Å²) in [5.41, 5.74) is 1.91. The summed E-state index contributed by atoms with van der Waals surface area (Å²) in [5, 5.41) is 9.18. The van der Waals surface area contributed by atoms with Crippen LogP contribution in [-0.2, 0) is 4.79 Å². The number of nitrogens with zero attached hydrogens (tertiary/aromatic N) is 3. The molecule has 2 heterocycles. The Balaban J connectivity index is 1.93. The highest BCUT2D eigenvalue weighted by molar-refractivity contribution is 7.13. The van der Waals surface area contributed by atoms with Crippen molar-refractivity contribution >= 4 is 23.2 Å². The van der Waals surface area contributed by atoms with Crippen LogP contribution in [0.15, 0.2) is 54.0 Å². The molecule has 128 valence electrons. The number of rotatable bonds is 5. The number of benzene rings is 1. The van der Waals surface area contributed by atoms with Crippen molar-refractivity contribution in [3.05, 3.63) is 59.6 Å². The molecule has 0 spiro atoms. The fraction of sp³-hybridized carbons (Fsp3) is 0.167. The Labute approximate surface area is 149 Å². The van der Waals surface area contributed by atoms with Gasteiger partial charge in [-0.15, -0.1) is 11.3 Å². The van der Waals surface area contributed by atoms with Gasteiger partial charge in [0.2, 0.25) is 5.91 Å². The molecule has 0 atom stereocenters. The smallest absolute Gasteiger partial charge is 0.255 e. The Bertz CT molecular complexity index is 870. The van der Waals surface area contributed by atoms with E-state index in [1.54, 1.807) is 25.0 Å². The van der Waals surface area contributed by atoms with Crippen LogP contribution in [0, 0.1) is 0 Å². The summed E-state index contributed by atoms with van der Waals surface area (Å²) in [6.45, 7) is -0.0494. The van der Waals surface area contributed by atoms with E-state index in [-0.39, 0.29) is 18.4 Å². The minimum atomic E-state index is -0.319. The van der Waals surface area contributed by atoms with E-state index in [4.69, 9.17) is 0 Å². The Hall–Kier alpha value is -2.93. The fourth-order valence-electron chi connectivity index (χ4n) is 2.26. The summed E-state index contributed by atoms with van der Waals surface area (Å²) in [6, 6.07) is 13.4. The van der Waals surface area contributed by atoms with Crippen LogP contribution < -0.4 is 5.32 Å². The number of amides is 2. The van der Waals surface area contributed by atoms with Crippen LogP contribution in [0.2, 0.25) is 0 Å². The maximum Gasteiger partial charge on any atom is 0.255 e. The zero-order valence-electron chi connectivity index (χ0n) is 14.0. The number of carbonyl (C=O) groups excluding carboxylic acids is 2. The molecule has 0 bridgehead atoms. The van der Waals surface area contributed by atoms with Crippen LogP contribution in [0.3, 0.4) is 0 Å². The number of hydrogen-bond donors (Lipinski definition) is 1. The van der Waals surface area contributed by atoms with Gasteiger partial charge < -0.3 is 10.2 Å². The van der Waals surface area contributed by atoms with E-state index < -0.39 is 0 Å². The average Bonchev–Trinajstić information content (AvgIpc) is 3.29. The van der Waals surface area contributed by atoms with Crippen molar-refractivity contribution in [2.24, 2.45) is 0 Å². The van der Waals surface area contributed by atoms with Crippen LogP contribution in [0.25, 0.3) is 16.3 Å². The third-order valence-corrected chi connectivity index (χ3v) is 4.51. The highest BCUT2D eigenvalue weighted by Crippen LogP contribution is 2.27. The van der Waals surface area contributed by atoms with E-state index >= 15 is 0 Å². The van der Waals surface area contributed by atoms with E-state index in [1.165, 1.54) is 16.2 Å². The molecule has 2 aromatic heterocycles. The van der Waals surface area contributed by atoms with Crippen LogP contribution in [0.4, 0.5) is 0 Å². The average molecular weight is 354 g/mol. The molecule has 25 heavy (non-hydrogen) atoms. The summed E-state index contributed by atoms with van der Waals surface area (Å²) in [6.07, 6.45) is 1.69. The van der Waals surface area contributed by atoms with Gasteiger partial charge in [-0.2, -0.15) is 5.10 Å². The van der Waals surface area contributed by atoms with Gasteiger partial charge in [0.05, 0.1) is 22.7 Å². The first-order valence-electron chi connectivity index (χ1n) is 7.73. The van der Waals surface area contributed by atoms with Gasteiger partial charge in [0, 0.05) is 20.3 Å². The van der Waals surface area contributed by atoms with Gasteiger partial charge in [-0.3, -0.25) is 9.59 Å². The van der Waals surface area contributed by atoms with Gasteiger partial charge in [-0.05, 0) is 23.6 Å². The molecule has 3 rings (SSSR count). The molecular formula is C18H18N4O2S. The van der Waals surface area contributed by atoms with Crippen molar-refractivity contribution in [2.75, 3.05) is 20.6 Å². The van der Waals surface area contributed by atoms with E-state index in [9.17, 15) is 9.59 Å². The predicted molar refractivity (Wildman–Crippen MR) is 97.9 cm³/mol. The van der Waals surface area contributed by atoms with E-state index in [0.717, 1.165) is 10.6 Å². The molecule has 0 fully saturated rings. The molecule has 0 aliphatic carbocycles. The monoisotopic (exact) mass is 354 g/mol. The van der Waals surface area contributed by atoms with Gasteiger partial charge in [0.15, 0.2) is 0 Å². The van der Waals surface area contributed by atoms with Gasteiger partial charge in [0.25, 0.3) is 5.91 Å². The van der Waals surface area contributed by atoms with E-state index in [1.807, 2.05) is 47.8 Å². The molecule has 0 saturated carbocycles. The highest BCUT2D eigenvalue weighted by Gasteiger charge is 2.20. The second-order valence-electron chi connectivity index (χ2n) is 5.62. The van der Waals surface area contributed by atoms with Crippen molar-refractivity contribution in [2.45, 2.75) is 0 Å². The first-order valence-corrected chi connectivity index (χ1v) is 8.61. The molecular weight excluding hydrogens is 336 g/mol. The predicted octanol–water partition coefficient (Wildman–Crippen LogP) is 2.42. The van der Waals surface area contributed by atoms with Crippen LogP contribution in [0.5, 0.6) is 0 Å². The largest absolute Gasteiger partial charge is 0.347 e. The third-order valence-electron chi connectivity index (χ3n) is 3.63. The molecule has 0 radical (unpaired) electrons. The molecule has 0 aliphatic heterocycles. The van der Waals surface area contributed by atoms with Crippen molar-refractivity contribution in [3.63, 3.8) is 0 Å². The van der Waals surface area contributed by atoms with Crippen molar-refractivity contribution in [1.82, 2.24) is 20.0 Å². The highest BCUT2D eigenvalue weighted by atomic mass is 32.1. The van der Waals surface area contributed by atoms with Crippen molar-refractivity contribution < 1.29 is 9.59 Å². The maximum atomic E-state index is 12.6. The summed E-state index contributed by atoms with van der Waals surface area (Å²) >= 11 is 1.51. The number of likely N-dealkylation sites (N-methyl/N-ethyl adjacent to an activating group) is 1. The second-order valence-corrected chi connectivity index (χ2v) is 6.57. The zero-order valence-corrected chi connectivity index (χ0v) is 14.8. The summed E-state index contributed by atoms with van der Waals surface area (Å²) < 4.78 is 1.68. The molecule has 0 aliphatic rings. The van der Waals surface area contributed by atoms with Crippen LogP contribution >= 0.6 is 11.3 Å². The molecule has 0 unspecified atom stereocenters. The Morgan fingerprint density at radius 3 is 2.56 bits per heavy atom. The minimum Gasteiger partial charge on any atom is -0.347 e. The number of hydrogen-bond acceptors (Lipinski definition) is 4. The number of thiophene rings is 1. The van der Waals surface area contributed by atoms with Gasteiger partial charge in [-0.25, -0.2) is 4.68 Å². The van der Waals surface area contributed by atoms with E-state index in [0.29, 0.717) is 11.3 Å². The first kappa shape index (κ1) is 16.9. The molecule has 6 nitrogen and oxygen atoms in total. The number of aromatic nitrogens is 2. The van der Waals surface area contributed by atoms with Gasteiger partial charge >= 0.3 is 0 Å². The minimum absolute atomic E-state index is 0.0494. The maximum absolute atomic E-state index is 12.6. The molecule has 2 amide bonds. The SMILES string of the molecule is CN(C)C(=O)CNC(=O)c1cn(-c2ccccc2)nc1-c1cccs1. The molecule has 0 saturated heterocycles. The number of nitrogens with one attached hydrogen (secondary N) is 1. The van der Waals surface area contributed by atoms with Crippen LogP contribution in [-0.4, -0.2) is 47.1 Å². The normalized spacial score (nSPS) is 10.5. The topological polar surface area (TPSA) is 67.2 Å². The Morgan fingerprint density at radius 2 is 1.92 bits per heavy atom. The summed E-state index contributed by atoms with van der Waals surface area (Å²) in [5.74, 6) is -0.484. The Kier molecular flexibility index (Phi) is 4.95. The lowest BCUT2D eigenvalue weighted by atomic mass is 10.2.